The van der Waals surface area contributed by atoms with Gasteiger partial charge in [-0.2, -0.15) is 9.40 Å². The lowest BCUT2D eigenvalue weighted by Gasteiger charge is -2.35. The molecule has 1 amide bonds. The number of aryl methyl sites for hydroxylation is 2. The molecule has 1 aromatic carbocycles. The van der Waals surface area contributed by atoms with E-state index in [4.69, 9.17) is 0 Å². The fourth-order valence-corrected chi connectivity index (χ4v) is 6.48. The normalized spacial score (nSPS) is 15.5. The van der Waals surface area contributed by atoms with E-state index >= 15 is 0 Å². The smallest absolute Gasteiger partial charge is 0.243 e. The summed E-state index contributed by atoms with van der Waals surface area (Å²) in [6, 6.07) is 0. The van der Waals surface area contributed by atoms with Crippen molar-refractivity contribution in [1.29, 1.82) is 0 Å². The summed E-state index contributed by atoms with van der Waals surface area (Å²) in [5.74, 6) is 0.0191. The molecule has 1 aliphatic rings. The summed E-state index contributed by atoms with van der Waals surface area (Å²) in [7, 11) is -1.75. The van der Waals surface area contributed by atoms with Gasteiger partial charge in [0.1, 0.15) is 0 Å². The minimum Gasteiger partial charge on any atom is -0.340 e. The molecule has 0 radical (unpaired) electrons. The summed E-state index contributed by atoms with van der Waals surface area (Å²) in [5, 5.41) is 4.38. The zero-order valence-corrected chi connectivity index (χ0v) is 20.8. The van der Waals surface area contributed by atoms with Crippen LogP contribution in [0.4, 0.5) is 0 Å². The van der Waals surface area contributed by atoms with Gasteiger partial charge in [-0.15, -0.1) is 0 Å². The van der Waals surface area contributed by atoms with Crippen LogP contribution in [0.1, 0.15) is 44.8 Å². The Balaban J connectivity index is 1.77. The van der Waals surface area contributed by atoms with Crippen molar-refractivity contribution < 1.29 is 13.2 Å². The number of carbonyl (C=O) groups is 1. The Bertz CT molecular complexity index is 1110. The fourth-order valence-electron chi connectivity index (χ4n) is 4.50. The van der Waals surface area contributed by atoms with Crippen LogP contribution < -0.4 is 0 Å². The second-order valence-electron chi connectivity index (χ2n) is 8.69. The van der Waals surface area contributed by atoms with Crippen LogP contribution in [-0.2, 0) is 28.3 Å². The average Bonchev–Trinajstić information content (AvgIpc) is 2.96. The van der Waals surface area contributed by atoms with Gasteiger partial charge in [0.15, 0.2) is 0 Å². The molecular weight excluding hydrogens is 412 g/mol. The largest absolute Gasteiger partial charge is 0.340 e. The molecule has 3 rings (SSSR count). The highest BCUT2D eigenvalue weighted by Crippen LogP contribution is 2.32. The number of rotatable bonds is 4. The van der Waals surface area contributed by atoms with Gasteiger partial charge in [0, 0.05) is 44.5 Å². The van der Waals surface area contributed by atoms with Crippen LogP contribution >= 0.6 is 0 Å². The van der Waals surface area contributed by atoms with E-state index in [1.165, 1.54) is 4.31 Å². The Morgan fingerprint density at radius 1 is 0.839 bits per heavy atom. The minimum atomic E-state index is -3.62. The first kappa shape index (κ1) is 23.5. The van der Waals surface area contributed by atoms with E-state index in [2.05, 4.69) is 5.10 Å². The number of nitrogens with zero attached hydrogens (tertiary/aromatic N) is 4. The van der Waals surface area contributed by atoms with E-state index in [1.807, 2.05) is 55.5 Å². The maximum absolute atomic E-state index is 13.5. The van der Waals surface area contributed by atoms with Gasteiger partial charge in [-0.1, -0.05) is 0 Å². The first-order valence-electron chi connectivity index (χ1n) is 10.7. The van der Waals surface area contributed by atoms with Gasteiger partial charge in [-0.05, 0) is 76.3 Å². The first-order chi connectivity index (χ1) is 14.4. The molecule has 170 valence electrons. The molecule has 2 heterocycles. The van der Waals surface area contributed by atoms with Crippen molar-refractivity contribution >= 4 is 15.9 Å². The molecule has 0 spiro atoms. The Kier molecular flexibility index (Phi) is 6.35. The number of piperazine rings is 1. The summed E-state index contributed by atoms with van der Waals surface area (Å²) in [5.41, 5.74) is 7.65. The molecule has 0 N–H and O–H groups in total. The van der Waals surface area contributed by atoms with Gasteiger partial charge in [0.2, 0.25) is 15.9 Å². The van der Waals surface area contributed by atoms with Gasteiger partial charge >= 0.3 is 0 Å². The highest BCUT2D eigenvalue weighted by Gasteiger charge is 2.33. The fraction of sp³-hybridized carbons (Fsp3) is 0.565. The van der Waals surface area contributed by atoms with Crippen LogP contribution in [-0.4, -0.2) is 59.5 Å². The first-order valence-corrected chi connectivity index (χ1v) is 12.2. The zero-order valence-electron chi connectivity index (χ0n) is 20.0. The lowest BCUT2D eigenvalue weighted by molar-refractivity contribution is -0.131. The van der Waals surface area contributed by atoms with Crippen LogP contribution in [0.15, 0.2) is 4.90 Å². The number of benzene rings is 1. The van der Waals surface area contributed by atoms with Crippen molar-refractivity contribution in [3.8, 4) is 0 Å². The van der Waals surface area contributed by atoms with E-state index < -0.39 is 10.0 Å². The summed E-state index contributed by atoms with van der Waals surface area (Å²) in [6.07, 6.45) is 0.298. The second-order valence-corrected chi connectivity index (χ2v) is 10.6. The molecule has 31 heavy (non-hydrogen) atoms. The molecule has 0 bridgehead atoms. The Morgan fingerprint density at radius 3 is 1.77 bits per heavy atom. The van der Waals surface area contributed by atoms with Gasteiger partial charge in [0.05, 0.1) is 17.0 Å². The third-order valence-corrected chi connectivity index (χ3v) is 9.28. The number of aromatic nitrogens is 2. The third-order valence-electron chi connectivity index (χ3n) is 7.11. The van der Waals surface area contributed by atoms with Crippen LogP contribution in [0.25, 0.3) is 0 Å². The molecule has 7 nitrogen and oxygen atoms in total. The standard InChI is InChI=1S/C23H34N4O3S/c1-14-15(2)17(4)23(18(5)16(14)3)31(29,30)27-11-9-26(10-12-27)22(28)13-21-19(6)24-25(8)20(21)7/h9-13H2,1-8H3. The molecule has 0 aliphatic carbocycles. The number of carbonyl (C=O) groups excluding carboxylic acids is 1. The van der Waals surface area contributed by atoms with E-state index in [1.54, 1.807) is 9.58 Å². The zero-order chi connectivity index (χ0) is 23.2. The molecule has 1 fully saturated rings. The van der Waals surface area contributed by atoms with Crippen LogP contribution in [0.2, 0.25) is 0 Å². The Morgan fingerprint density at radius 2 is 1.32 bits per heavy atom. The lowest BCUT2D eigenvalue weighted by Crippen LogP contribution is -2.51. The second kappa shape index (κ2) is 8.39. The van der Waals surface area contributed by atoms with Crippen LogP contribution in [0.3, 0.4) is 0 Å². The quantitative estimate of drug-likeness (QED) is 0.724. The number of amides is 1. The molecule has 1 aromatic heterocycles. The molecule has 1 saturated heterocycles. The van der Waals surface area contributed by atoms with Crippen molar-refractivity contribution in [3.63, 3.8) is 0 Å². The number of hydrogen-bond donors (Lipinski definition) is 0. The van der Waals surface area contributed by atoms with E-state index in [0.29, 0.717) is 37.5 Å². The molecular formula is C23H34N4O3S. The van der Waals surface area contributed by atoms with Crippen molar-refractivity contribution in [2.24, 2.45) is 7.05 Å². The molecule has 0 unspecified atom stereocenters. The van der Waals surface area contributed by atoms with Gasteiger partial charge < -0.3 is 4.90 Å². The highest BCUT2D eigenvalue weighted by atomic mass is 32.2. The summed E-state index contributed by atoms with van der Waals surface area (Å²) < 4.78 is 30.4. The lowest BCUT2D eigenvalue weighted by atomic mass is 9.95. The third kappa shape index (κ3) is 4.03. The van der Waals surface area contributed by atoms with E-state index in [-0.39, 0.29) is 5.91 Å². The van der Waals surface area contributed by atoms with Crippen molar-refractivity contribution in [1.82, 2.24) is 19.0 Å². The van der Waals surface area contributed by atoms with Crippen molar-refractivity contribution in [3.05, 3.63) is 44.8 Å². The molecule has 2 aromatic rings. The molecule has 0 saturated carbocycles. The summed E-state index contributed by atoms with van der Waals surface area (Å²) >= 11 is 0. The predicted octanol–water partition coefficient (Wildman–Crippen LogP) is 2.65. The molecule has 0 atom stereocenters. The van der Waals surface area contributed by atoms with Crippen LogP contribution in [0.5, 0.6) is 0 Å². The summed E-state index contributed by atoms with van der Waals surface area (Å²) in [6.45, 7) is 15.1. The highest BCUT2D eigenvalue weighted by molar-refractivity contribution is 7.89. The summed E-state index contributed by atoms with van der Waals surface area (Å²) in [4.78, 5) is 15.1. The van der Waals surface area contributed by atoms with Crippen molar-refractivity contribution in [2.75, 3.05) is 26.2 Å². The topological polar surface area (TPSA) is 75.5 Å². The van der Waals surface area contributed by atoms with Gasteiger partial charge in [-0.25, -0.2) is 8.42 Å². The maximum Gasteiger partial charge on any atom is 0.243 e. The van der Waals surface area contributed by atoms with E-state index in [0.717, 1.165) is 44.8 Å². The Hall–Kier alpha value is -2.19. The van der Waals surface area contributed by atoms with Gasteiger partial charge in [-0.3, -0.25) is 9.48 Å². The number of sulfonamides is 1. The monoisotopic (exact) mass is 446 g/mol. The SMILES string of the molecule is Cc1nn(C)c(C)c1CC(=O)N1CCN(S(=O)(=O)c2c(C)c(C)c(C)c(C)c2C)CC1. The van der Waals surface area contributed by atoms with E-state index in [9.17, 15) is 13.2 Å². The minimum absolute atomic E-state index is 0.0191. The van der Waals surface area contributed by atoms with Crippen LogP contribution in [0, 0.1) is 48.5 Å². The molecule has 8 heteroatoms. The van der Waals surface area contributed by atoms with Crippen molar-refractivity contribution in [2.45, 2.75) is 59.8 Å². The molecule has 1 aliphatic heterocycles. The average molecular weight is 447 g/mol. The maximum atomic E-state index is 13.5. The Labute approximate surface area is 186 Å². The predicted molar refractivity (Wildman–Crippen MR) is 122 cm³/mol. The number of hydrogen-bond acceptors (Lipinski definition) is 4. The van der Waals surface area contributed by atoms with Gasteiger partial charge in [0.25, 0.3) is 0 Å².